The molecule has 0 aliphatic carbocycles. The third kappa shape index (κ3) is 5.69. The van der Waals surface area contributed by atoms with Crippen LogP contribution in [0.15, 0.2) is 252 Å². The number of hydrogen-bond donors (Lipinski definition) is 0. The molecule has 3 heterocycles. The summed E-state index contributed by atoms with van der Waals surface area (Å²) in [5.41, 5.74) is 19.3. The predicted molar refractivity (Wildman–Crippen MR) is 273 cm³/mol. The SMILES string of the molecule is C[S+]1c2ccccc2C2(c3ccccc3-n3c4ccccc4c4cccc2c43)c2cc(-c3ccc(N(c4ccc(-c5ccccc5)cc4)c4ccc(-c5ccccc5)cc4)cc3)ccc21. The zero-order chi connectivity index (χ0) is 43.1. The maximum Gasteiger partial charge on any atom is 0.165 e. The van der Waals surface area contributed by atoms with Gasteiger partial charge in [-0.3, -0.25) is 0 Å². The Morgan fingerprint density at radius 3 is 1.46 bits per heavy atom. The van der Waals surface area contributed by atoms with Gasteiger partial charge in [-0.2, -0.15) is 0 Å². The Kier molecular flexibility index (Phi) is 8.62. The Morgan fingerprint density at radius 1 is 0.354 bits per heavy atom. The van der Waals surface area contributed by atoms with Crippen molar-refractivity contribution in [3.63, 3.8) is 0 Å². The molecule has 0 bridgehead atoms. The average molecular weight is 848 g/mol. The summed E-state index contributed by atoms with van der Waals surface area (Å²) in [6, 6.07) is 89.9. The molecule has 13 rings (SSSR count). The van der Waals surface area contributed by atoms with Crippen molar-refractivity contribution in [1.29, 1.82) is 0 Å². The molecule has 3 heteroatoms. The first-order valence-corrected chi connectivity index (χ1v) is 24.0. The second-order valence-corrected chi connectivity index (χ2v) is 19.1. The van der Waals surface area contributed by atoms with E-state index in [1.807, 2.05) is 0 Å². The van der Waals surface area contributed by atoms with E-state index in [2.05, 4.69) is 258 Å². The fraction of sp³-hybridized carbons (Fsp3) is 0.0323. The van der Waals surface area contributed by atoms with Crippen LogP contribution in [-0.4, -0.2) is 10.8 Å². The summed E-state index contributed by atoms with van der Waals surface area (Å²) in [6.07, 6.45) is 2.42. The maximum absolute atomic E-state index is 2.53. The van der Waals surface area contributed by atoms with Crippen LogP contribution in [0.3, 0.4) is 0 Å². The zero-order valence-corrected chi connectivity index (χ0v) is 36.7. The van der Waals surface area contributed by atoms with Crippen molar-refractivity contribution in [2.75, 3.05) is 11.2 Å². The molecule has 2 aliphatic heterocycles. The van der Waals surface area contributed by atoms with Gasteiger partial charge in [0.2, 0.25) is 0 Å². The fourth-order valence-electron chi connectivity index (χ4n) is 11.0. The van der Waals surface area contributed by atoms with Crippen molar-refractivity contribution in [1.82, 2.24) is 4.57 Å². The summed E-state index contributed by atoms with van der Waals surface area (Å²) < 4.78 is 2.53. The normalized spacial score (nSPS) is 15.7. The topological polar surface area (TPSA) is 8.17 Å². The number of rotatable bonds is 6. The molecule has 2 unspecified atom stereocenters. The second kappa shape index (κ2) is 14.9. The van der Waals surface area contributed by atoms with Crippen LogP contribution in [0.4, 0.5) is 17.1 Å². The van der Waals surface area contributed by atoms with Gasteiger partial charge in [-0.25, -0.2) is 0 Å². The molecule has 10 aromatic carbocycles. The predicted octanol–water partition coefficient (Wildman–Crippen LogP) is 15.9. The molecule has 0 saturated heterocycles. The maximum atomic E-state index is 2.53. The molecular formula is C62H43N2S+. The van der Waals surface area contributed by atoms with E-state index in [1.165, 1.54) is 92.9 Å². The molecule has 2 aliphatic rings. The van der Waals surface area contributed by atoms with Crippen molar-refractivity contribution in [2.45, 2.75) is 15.2 Å². The number of benzene rings is 10. The van der Waals surface area contributed by atoms with Crippen LogP contribution in [-0.2, 0) is 16.3 Å². The van der Waals surface area contributed by atoms with E-state index in [0.717, 1.165) is 17.1 Å². The van der Waals surface area contributed by atoms with E-state index in [1.54, 1.807) is 0 Å². The van der Waals surface area contributed by atoms with Crippen LogP contribution in [0.2, 0.25) is 0 Å². The van der Waals surface area contributed by atoms with Crippen molar-refractivity contribution >= 4 is 49.8 Å². The molecule has 306 valence electrons. The van der Waals surface area contributed by atoms with E-state index in [9.17, 15) is 0 Å². The Labute approximate surface area is 382 Å². The molecule has 2 nitrogen and oxygen atoms in total. The van der Waals surface area contributed by atoms with Crippen LogP contribution >= 0.6 is 0 Å². The minimum absolute atomic E-state index is 0.125. The van der Waals surface area contributed by atoms with Gasteiger partial charge in [0, 0.05) is 39.0 Å². The van der Waals surface area contributed by atoms with Gasteiger partial charge in [-0.1, -0.05) is 170 Å². The highest BCUT2D eigenvalue weighted by molar-refractivity contribution is 7.96. The molecule has 0 N–H and O–H groups in total. The monoisotopic (exact) mass is 847 g/mol. The smallest absolute Gasteiger partial charge is 0.165 e. The Bertz CT molecular complexity index is 3510. The summed E-state index contributed by atoms with van der Waals surface area (Å²) >= 11 is 0. The number of aromatic nitrogens is 1. The molecule has 0 radical (unpaired) electrons. The van der Waals surface area contributed by atoms with Gasteiger partial charge in [-0.05, 0) is 117 Å². The third-order valence-electron chi connectivity index (χ3n) is 13.9. The number of fused-ring (bicyclic) bond motifs is 11. The van der Waals surface area contributed by atoms with Gasteiger partial charge in [0.05, 0.1) is 33.0 Å². The molecule has 0 saturated carbocycles. The largest absolute Gasteiger partial charge is 0.311 e. The first kappa shape index (κ1) is 37.7. The Balaban J connectivity index is 0.967. The second-order valence-electron chi connectivity index (χ2n) is 17.2. The van der Waals surface area contributed by atoms with E-state index in [-0.39, 0.29) is 10.9 Å². The number of para-hydroxylation sites is 3. The summed E-state index contributed by atoms with van der Waals surface area (Å²) in [6.45, 7) is 0. The summed E-state index contributed by atoms with van der Waals surface area (Å²) in [5.74, 6) is 0. The van der Waals surface area contributed by atoms with Crippen LogP contribution in [0.1, 0.15) is 22.3 Å². The van der Waals surface area contributed by atoms with Gasteiger partial charge < -0.3 is 9.47 Å². The summed E-state index contributed by atoms with van der Waals surface area (Å²) in [4.78, 5) is 5.19. The summed E-state index contributed by atoms with van der Waals surface area (Å²) in [5, 5.41) is 2.59. The molecule has 0 fully saturated rings. The number of hydrogen-bond acceptors (Lipinski definition) is 1. The standard InChI is InChI=1S/C62H43N2S/c1-65-59-26-13-10-22-54(59)62(53-21-9-12-25-58(53)64-57-24-11-8-19-51(57)52-20-14-23-55(62)61(52)64)56-41-47(33-40-60(56)65)46-31-38-50(39-32-46)63(48-34-27-44(28-35-48)42-15-4-2-5-16-42)49-36-29-45(30-37-49)43-17-6-3-7-18-43/h2-41H,1H3/q+1. The highest BCUT2D eigenvalue weighted by Gasteiger charge is 2.54. The van der Waals surface area contributed by atoms with Gasteiger partial charge >= 0.3 is 0 Å². The number of anilines is 3. The lowest BCUT2D eigenvalue weighted by Gasteiger charge is -2.44. The Morgan fingerprint density at radius 2 is 0.815 bits per heavy atom. The molecular weight excluding hydrogens is 805 g/mol. The molecule has 1 spiro atoms. The summed E-state index contributed by atoms with van der Waals surface area (Å²) in [7, 11) is -0.125. The van der Waals surface area contributed by atoms with Gasteiger partial charge in [0.1, 0.15) is 6.26 Å². The van der Waals surface area contributed by atoms with Crippen LogP contribution in [0, 0.1) is 0 Å². The van der Waals surface area contributed by atoms with E-state index >= 15 is 0 Å². The van der Waals surface area contributed by atoms with Crippen molar-refractivity contribution in [3.05, 3.63) is 265 Å². The van der Waals surface area contributed by atoms with Crippen molar-refractivity contribution < 1.29 is 0 Å². The zero-order valence-electron chi connectivity index (χ0n) is 35.9. The lowest BCUT2D eigenvalue weighted by molar-refractivity contribution is 0.687. The van der Waals surface area contributed by atoms with E-state index in [4.69, 9.17) is 0 Å². The molecule has 2 atom stereocenters. The highest BCUT2D eigenvalue weighted by Crippen LogP contribution is 2.59. The molecule has 11 aromatic rings. The lowest BCUT2D eigenvalue weighted by Crippen LogP contribution is -2.40. The fourth-order valence-corrected chi connectivity index (χ4v) is 12.9. The van der Waals surface area contributed by atoms with Crippen molar-refractivity contribution in [2.24, 2.45) is 0 Å². The molecule has 65 heavy (non-hydrogen) atoms. The van der Waals surface area contributed by atoms with E-state index < -0.39 is 5.41 Å². The highest BCUT2D eigenvalue weighted by atomic mass is 32.2. The van der Waals surface area contributed by atoms with E-state index in [0.29, 0.717) is 0 Å². The van der Waals surface area contributed by atoms with Crippen LogP contribution in [0.25, 0.3) is 60.9 Å². The van der Waals surface area contributed by atoms with Crippen molar-refractivity contribution in [3.8, 4) is 39.1 Å². The molecule has 1 aromatic heterocycles. The molecule has 0 amide bonds. The van der Waals surface area contributed by atoms with Gasteiger partial charge in [-0.15, -0.1) is 0 Å². The Hall–Kier alpha value is -7.85. The third-order valence-corrected chi connectivity index (χ3v) is 15.9. The minimum atomic E-state index is -0.517. The number of nitrogens with zero attached hydrogens (tertiary/aromatic N) is 2. The average Bonchev–Trinajstić information content (AvgIpc) is 3.73. The van der Waals surface area contributed by atoms with Gasteiger partial charge in [0.25, 0.3) is 0 Å². The van der Waals surface area contributed by atoms with Crippen LogP contribution < -0.4 is 4.90 Å². The van der Waals surface area contributed by atoms with Crippen LogP contribution in [0.5, 0.6) is 0 Å². The first-order valence-electron chi connectivity index (χ1n) is 22.4. The lowest BCUT2D eigenvalue weighted by atomic mass is 9.62. The van der Waals surface area contributed by atoms with Gasteiger partial charge in [0.15, 0.2) is 9.79 Å². The minimum Gasteiger partial charge on any atom is -0.311 e. The first-order chi connectivity index (χ1) is 32.2. The quantitative estimate of drug-likeness (QED) is 0.151.